The van der Waals surface area contributed by atoms with E-state index < -0.39 is 0 Å². The molecule has 0 heterocycles. The number of nitrogens with two attached hydrogens (primary N) is 1. The second-order valence-corrected chi connectivity index (χ2v) is 5.87. The molecular formula is C16H24N2O. The third-order valence-electron chi connectivity index (χ3n) is 4.27. The minimum atomic E-state index is -0.0890. The Balaban J connectivity index is 1.90. The van der Waals surface area contributed by atoms with Gasteiger partial charge in [0, 0.05) is 19.0 Å². The molecule has 1 aromatic rings. The maximum Gasteiger partial charge on any atom is 0.224 e. The van der Waals surface area contributed by atoms with Crippen LogP contribution < -0.4 is 11.1 Å². The predicted molar refractivity (Wildman–Crippen MR) is 77.7 cm³/mol. The number of nitrogens with one attached hydrogen (secondary N) is 1. The number of hydrogen-bond acceptors (Lipinski definition) is 2. The molecule has 0 radical (unpaired) electrons. The average molecular weight is 260 g/mol. The number of carbonyl (C=O) groups is 1. The smallest absolute Gasteiger partial charge is 0.224 e. The van der Waals surface area contributed by atoms with Crippen LogP contribution in [-0.2, 0) is 11.2 Å². The minimum Gasteiger partial charge on any atom is -0.355 e. The first-order valence-corrected chi connectivity index (χ1v) is 7.17. The van der Waals surface area contributed by atoms with Crippen LogP contribution in [0.2, 0.25) is 0 Å². The van der Waals surface area contributed by atoms with E-state index in [2.05, 4.69) is 29.6 Å². The SMILES string of the molecule is CC(CN)C(=O)NCC1(Cc2ccccc2)CCC1. The summed E-state index contributed by atoms with van der Waals surface area (Å²) >= 11 is 0. The van der Waals surface area contributed by atoms with E-state index in [1.54, 1.807) is 0 Å². The summed E-state index contributed by atoms with van der Waals surface area (Å²) < 4.78 is 0. The fourth-order valence-corrected chi connectivity index (χ4v) is 2.68. The van der Waals surface area contributed by atoms with Crippen molar-refractivity contribution in [2.45, 2.75) is 32.6 Å². The molecule has 1 fully saturated rings. The molecular weight excluding hydrogens is 236 g/mol. The van der Waals surface area contributed by atoms with Gasteiger partial charge in [0.25, 0.3) is 0 Å². The fraction of sp³-hybridized carbons (Fsp3) is 0.562. The summed E-state index contributed by atoms with van der Waals surface area (Å²) in [6.07, 6.45) is 4.75. The molecule has 0 aliphatic heterocycles. The molecule has 1 aliphatic carbocycles. The largest absolute Gasteiger partial charge is 0.355 e. The van der Waals surface area contributed by atoms with Crippen LogP contribution in [0.15, 0.2) is 30.3 Å². The van der Waals surface area contributed by atoms with Crippen LogP contribution in [-0.4, -0.2) is 19.0 Å². The quantitative estimate of drug-likeness (QED) is 0.823. The Kier molecular flexibility index (Phi) is 4.59. The van der Waals surface area contributed by atoms with E-state index >= 15 is 0 Å². The van der Waals surface area contributed by atoms with E-state index in [0.29, 0.717) is 6.54 Å². The summed E-state index contributed by atoms with van der Waals surface area (Å²) in [5.41, 5.74) is 7.15. The van der Waals surface area contributed by atoms with E-state index in [0.717, 1.165) is 13.0 Å². The molecule has 1 unspecified atom stereocenters. The van der Waals surface area contributed by atoms with Crippen molar-refractivity contribution in [2.24, 2.45) is 17.1 Å². The van der Waals surface area contributed by atoms with E-state index in [9.17, 15) is 4.79 Å². The zero-order valence-electron chi connectivity index (χ0n) is 11.7. The van der Waals surface area contributed by atoms with Crippen molar-refractivity contribution < 1.29 is 4.79 Å². The van der Waals surface area contributed by atoms with E-state index in [-0.39, 0.29) is 17.2 Å². The Morgan fingerprint density at radius 1 is 1.37 bits per heavy atom. The van der Waals surface area contributed by atoms with Gasteiger partial charge in [0.2, 0.25) is 5.91 Å². The van der Waals surface area contributed by atoms with Gasteiger partial charge in [-0.2, -0.15) is 0 Å². The lowest BCUT2D eigenvalue weighted by Crippen LogP contribution is -2.45. The maximum absolute atomic E-state index is 11.8. The highest BCUT2D eigenvalue weighted by Crippen LogP contribution is 2.43. The molecule has 0 bridgehead atoms. The van der Waals surface area contributed by atoms with Gasteiger partial charge in [0.05, 0.1) is 0 Å². The van der Waals surface area contributed by atoms with Gasteiger partial charge in [0.15, 0.2) is 0 Å². The Bertz CT molecular complexity index is 412. The van der Waals surface area contributed by atoms with Gasteiger partial charge in [-0.1, -0.05) is 43.7 Å². The van der Waals surface area contributed by atoms with Crippen LogP contribution in [0.1, 0.15) is 31.7 Å². The van der Waals surface area contributed by atoms with Crippen molar-refractivity contribution in [1.82, 2.24) is 5.32 Å². The molecule has 0 spiro atoms. The van der Waals surface area contributed by atoms with Gasteiger partial charge >= 0.3 is 0 Å². The molecule has 0 saturated heterocycles. The Morgan fingerprint density at radius 2 is 2.05 bits per heavy atom. The van der Waals surface area contributed by atoms with Crippen LogP contribution >= 0.6 is 0 Å². The monoisotopic (exact) mass is 260 g/mol. The highest BCUT2D eigenvalue weighted by Gasteiger charge is 2.37. The lowest BCUT2D eigenvalue weighted by Gasteiger charge is -2.42. The molecule has 3 N–H and O–H groups in total. The summed E-state index contributed by atoms with van der Waals surface area (Å²) in [4.78, 5) is 11.8. The fourth-order valence-electron chi connectivity index (χ4n) is 2.68. The van der Waals surface area contributed by atoms with Crippen LogP contribution in [0.5, 0.6) is 0 Å². The second-order valence-electron chi connectivity index (χ2n) is 5.87. The third-order valence-corrected chi connectivity index (χ3v) is 4.27. The second kappa shape index (κ2) is 6.20. The summed E-state index contributed by atoms with van der Waals surface area (Å²) in [5, 5.41) is 3.08. The van der Waals surface area contributed by atoms with Crippen molar-refractivity contribution in [1.29, 1.82) is 0 Å². The Morgan fingerprint density at radius 3 is 2.58 bits per heavy atom. The molecule has 1 atom stereocenters. The summed E-state index contributed by atoms with van der Waals surface area (Å²) in [5.74, 6) is -0.00399. The topological polar surface area (TPSA) is 55.1 Å². The standard InChI is InChI=1S/C16H24N2O/c1-13(11-17)15(19)18-12-16(8-5-9-16)10-14-6-3-2-4-7-14/h2-4,6-7,13H,5,8-12,17H2,1H3,(H,18,19). The first kappa shape index (κ1) is 14.1. The van der Waals surface area contributed by atoms with Crippen molar-refractivity contribution in [2.75, 3.05) is 13.1 Å². The minimum absolute atomic E-state index is 0.0850. The van der Waals surface area contributed by atoms with Gasteiger partial charge in [-0.25, -0.2) is 0 Å². The van der Waals surface area contributed by atoms with Crippen molar-refractivity contribution in [3.63, 3.8) is 0 Å². The molecule has 104 valence electrons. The maximum atomic E-state index is 11.8. The van der Waals surface area contributed by atoms with Crippen LogP contribution in [0, 0.1) is 11.3 Å². The van der Waals surface area contributed by atoms with E-state index in [1.165, 1.54) is 24.8 Å². The average Bonchev–Trinajstić information content (AvgIpc) is 2.41. The highest BCUT2D eigenvalue weighted by molar-refractivity contribution is 5.78. The Hall–Kier alpha value is -1.35. The normalized spacial score (nSPS) is 18.4. The molecule has 1 aliphatic rings. The van der Waals surface area contributed by atoms with Crippen LogP contribution in [0.4, 0.5) is 0 Å². The predicted octanol–water partition coefficient (Wildman–Crippen LogP) is 2.11. The number of amides is 1. The first-order chi connectivity index (χ1) is 9.15. The zero-order valence-corrected chi connectivity index (χ0v) is 11.7. The van der Waals surface area contributed by atoms with E-state index in [4.69, 9.17) is 5.73 Å². The van der Waals surface area contributed by atoms with E-state index in [1.807, 2.05) is 13.0 Å². The summed E-state index contributed by atoms with van der Waals surface area (Å²) in [6.45, 7) is 3.07. The van der Waals surface area contributed by atoms with Crippen LogP contribution in [0.3, 0.4) is 0 Å². The van der Waals surface area contributed by atoms with Gasteiger partial charge in [-0.05, 0) is 30.2 Å². The van der Waals surface area contributed by atoms with Crippen molar-refractivity contribution in [3.8, 4) is 0 Å². The van der Waals surface area contributed by atoms with Crippen molar-refractivity contribution in [3.05, 3.63) is 35.9 Å². The number of hydrogen-bond donors (Lipinski definition) is 2. The first-order valence-electron chi connectivity index (χ1n) is 7.17. The molecule has 3 nitrogen and oxygen atoms in total. The molecule has 19 heavy (non-hydrogen) atoms. The Labute approximate surface area is 115 Å². The van der Waals surface area contributed by atoms with Gasteiger partial charge in [-0.15, -0.1) is 0 Å². The molecule has 3 heteroatoms. The molecule has 0 aromatic heterocycles. The van der Waals surface area contributed by atoms with Crippen LogP contribution in [0.25, 0.3) is 0 Å². The third kappa shape index (κ3) is 3.57. The number of rotatable bonds is 6. The molecule has 1 amide bonds. The summed E-state index contributed by atoms with van der Waals surface area (Å²) in [6, 6.07) is 10.5. The lowest BCUT2D eigenvalue weighted by atomic mass is 9.65. The molecule has 1 aromatic carbocycles. The summed E-state index contributed by atoms with van der Waals surface area (Å²) in [7, 11) is 0. The van der Waals surface area contributed by atoms with Crippen molar-refractivity contribution >= 4 is 5.91 Å². The number of carbonyl (C=O) groups excluding carboxylic acids is 1. The molecule has 1 saturated carbocycles. The molecule has 2 rings (SSSR count). The van der Waals surface area contributed by atoms with Gasteiger partial charge < -0.3 is 11.1 Å². The van der Waals surface area contributed by atoms with Gasteiger partial charge in [0.1, 0.15) is 0 Å². The lowest BCUT2D eigenvalue weighted by molar-refractivity contribution is -0.125. The zero-order chi connectivity index (χ0) is 13.7. The highest BCUT2D eigenvalue weighted by atomic mass is 16.1. The number of benzene rings is 1. The van der Waals surface area contributed by atoms with Gasteiger partial charge in [-0.3, -0.25) is 4.79 Å².